The molecular weight excluding hydrogens is 356 g/mol. The number of hydrogen-bond acceptors (Lipinski definition) is 5. The number of hydrogen-bond donors (Lipinski definition) is 1. The Bertz CT molecular complexity index is 762. The Morgan fingerprint density at radius 1 is 1.29 bits per heavy atom. The van der Waals surface area contributed by atoms with Gasteiger partial charge in [-0.1, -0.05) is 0 Å². The SMILES string of the molecule is O=C(CN1CSCC1=O)Nc1ncc(Cc2cc(F)cc(F)c2)s1. The van der Waals surface area contributed by atoms with E-state index in [4.69, 9.17) is 0 Å². The lowest BCUT2D eigenvalue weighted by atomic mass is 10.1. The summed E-state index contributed by atoms with van der Waals surface area (Å²) < 4.78 is 26.4. The summed E-state index contributed by atoms with van der Waals surface area (Å²) in [5.41, 5.74) is 0.494. The van der Waals surface area contributed by atoms with Gasteiger partial charge in [-0.05, 0) is 17.7 Å². The van der Waals surface area contributed by atoms with Crippen molar-refractivity contribution in [3.05, 3.63) is 46.5 Å². The zero-order valence-electron chi connectivity index (χ0n) is 12.4. The smallest absolute Gasteiger partial charge is 0.245 e. The molecule has 1 aliphatic rings. The number of anilines is 1. The minimum absolute atomic E-state index is 0.00411. The summed E-state index contributed by atoms with van der Waals surface area (Å²) in [5, 5.41) is 3.03. The van der Waals surface area contributed by atoms with Gasteiger partial charge < -0.3 is 10.2 Å². The van der Waals surface area contributed by atoms with Gasteiger partial charge in [0.05, 0.1) is 11.6 Å². The zero-order valence-corrected chi connectivity index (χ0v) is 14.1. The highest BCUT2D eigenvalue weighted by Crippen LogP contribution is 2.22. The quantitative estimate of drug-likeness (QED) is 0.880. The van der Waals surface area contributed by atoms with Crippen molar-refractivity contribution in [3.8, 4) is 0 Å². The van der Waals surface area contributed by atoms with Gasteiger partial charge in [0.2, 0.25) is 11.8 Å². The first-order valence-corrected chi connectivity index (χ1v) is 9.02. The van der Waals surface area contributed by atoms with Gasteiger partial charge in [0.25, 0.3) is 0 Å². The molecular formula is C15H13F2N3O2S2. The number of benzene rings is 1. The van der Waals surface area contributed by atoms with Crippen LogP contribution in [0.5, 0.6) is 0 Å². The van der Waals surface area contributed by atoms with Crippen molar-refractivity contribution in [2.75, 3.05) is 23.5 Å². The van der Waals surface area contributed by atoms with Gasteiger partial charge in [-0.25, -0.2) is 13.8 Å². The van der Waals surface area contributed by atoms with Crippen LogP contribution in [0.2, 0.25) is 0 Å². The third-order valence-electron chi connectivity index (χ3n) is 3.26. The van der Waals surface area contributed by atoms with Crippen molar-refractivity contribution in [1.82, 2.24) is 9.88 Å². The van der Waals surface area contributed by atoms with E-state index in [2.05, 4.69) is 10.3 Å². The van der Waals surface area contributed by atoms with E-state index >= 15 is 0 Å². The molecule has 24 heavy (non-hydrogen) atoms. The monoisotopic (exact) mass is 369 g/mol. The van der Waals surface area contributed by atoms with Crippen LogP contribution in [-0.2, 0) is 16.0 Å². The van der Waals surface area contributed by atoms with Crippen LogP contribution in [0.3, 0.4) is 0 Å². The molecule has 5 nitrogen and oxygen atoms in total. The molecule has 1 aromatic carbocycles. The van der Waals surface area contributed by atoms with E-state index in [0.29, 0.717) is 28.7 Å². The number of aromatic nitrogens is 1. The van der Waals surface area contributed by atoms with Gasteiger partial charge in [-0.2, -0.15) is 0 Å². The molecule has 3 rings (SSSR count). The van der Waals surface area contributed by atoms with E-state index in [1.165, 1.54) is 40.1 Å². The molecule has 1 N–H and O–H groups in total. The average Bonchev–Trinajstić information content (AvgIpc) is 3.08. The Balaban J connectivity index is 1.58. The zero-order chi connectivity index (χ0) is 17.1. The standard InChI is InChI=1S/C15H13F2N3O2S2/c16-10-1-9(2-11(17)4-10)3-12-5-18-15(24-12)19-13(21)6-20-8-23-7-14(20)22/h1-2,4-5H,3,6-8H2,(H,18,19,21). The largest absolute Gasteiger partial charge is 0.323 e. The van der Waals surface area contributed by atoms with Crippen molar-refractivity contribution < 1.29 is 18.4 Å². The van der Waals surface area contributed by atoms with Crippen molar-refractivity contribution in [2.24, 2.45) is 0 Å². The summed E-state index contributed by atoms with van der Waals surface area (Å²) in [6.07, 6.45) is 1.88. The minimum atomic E-state index is -0.629. The number of halogens is 2. The Morgan fingerprint density at radius 3 is 2.71 bits per heavy atom. The molecule has 0 saturated carbocycles. The summed E-state index contributed by atoms with van der Waals surface area (Å²) >= 11 is 2.70. The second-order valence-electron chi connectivity index (χ2n) is 5.20. The van der Waals surface area contributed by atoms with Gasteiger partial charge in [-0.3, -0.25) is 9.59 Å². The summed E-state index contributed by atoms with van der Waals surface area (Å²) in [5.74, 6) is -0.710. The molecule has 1 saturated heterocycles. The van der Waals surface area contributed by atoms with Crippen molar-refractivity contribution in [1.29, 1.82) is 0 Å². The maximum atomic E-state index is 13.2. The lowest BCUT2D eigenvalue weighted by Gasteiger charge is -2.12. The van der Waals surface area contributed by atoms with Crippen molar-refractivity contribution >= 4 is 40.0 Å². The van der Waals surface area contributed by atoms with Crippen LogP contribution in [0.1, 0.15) is 10.4 Å². The molecule has 1 aliphatic heterocycles. The fourth-order valence-corrected chi connectivity index (χ4v) is 4.00. The maximum absolute atomic E-state index is 13.2. The molecule has 2 heterocycles. The van der Waals surface area contributed by atoms with Crippen LogP contribution in [0.25, 0.3) is 0 Å². The fourth-order valence-electron chi connectivity index (χ4n) is 2.23. The molecule has 0 bridgehead atoms. The molecule has 126 valence electrons. The number of amides is 2. The Kier molecular flexibility index (Phi) is 5.10. The van der Waals surface area contributed by atoms with E-state index in [1.807, 2.05) is 0 Å². The van der Waals surface area contributed by atoms with E-state index in [-0.39, 0.29) is 18.4 Å². The molecule has 1 fully saturated rings. The molecule has 0 spiro atoms. The van der Waals surface area contributed by atoms with Crippen molar-refractivity contribution in [3.63, 3.8) is 0 Å². The van der Waals surface area contributed by atoms with Gasteiger partial charge in [0.1, 0.15) is 18.2 Å². The number of thiazole rings is 1. The van der Waals surface area contributed by atoms with E-state index in [9.17, 15) is 18.4 Å². The van der Waals surface area contributed by atoms with E-state index in [1.54, 1.807) is 6.20 Å². The van der Waals surface area contributed by atoms with Gasteiger partial charge in [-0.15, -0.1) is 23.1 Å². The number of nitrogens with one attached hydrogen (secondary N) is 1. The topological polar surface area (TPSA) is 62.3 Å². The maximum Gasteiger partial charge on any atom is 0.245 e. The summed E-state index contributed by atoms with van der Waals surface area (Å²) in [4.78, 5) is 29.7. The molecule has 0 unspecified atom stereocenters. The normalized spacial score (nSPS) is 14.2. The molecule has 2 aromatic rings. The van der Waals surface area contributed by atoms with Crippen LogP contribution >= 0.6 is 23.1 Å². The third-order valence-corrected chi connectivity index (χ3v) is 5.12. The van der Waals surface area contributed by atoms with Crippen LogP contribution < -0.4 is 5.32 Å². The highest BCUT2D eigenvalue weighted by molar-refractivity contribution is 8.00. The van der Waals surface area contributed by atoms with Gasteiger partial charge >= 0.3 is 0 Å². The minimum Gasteiger partial charge on any atom is -0.323 e. The molecule has 9 heteroatoms. The molecule has 0 radical (unpaired) electrons. The lowest BCUT2D eigenvalue weighted by Crippen LogP contribution is -2.34. The summed E-state index contributed by atoms with van der Waals surface area (Å²) in [6, 6.07) is 3.34. The van der Waals surface area contributed by atoms with Crippen LogP contribution in [-0.4, -0.2) is 39.9 Å². The number of rotatable bonds is 5. The lowest BCUT2D eigenvalue weighted by molar-refractivity contribution is -0.130. The number of nitrogens with zero attached hydrogens (tertiary/aromatic N) is 2. The highest BCUT2D eigenvalue weighted by atomic mass is 32.2. The second kappa shape index (κ2) is 7.27. The predicted octanol–water partition coefficient (Wildman–Crippen LogP) is 2.48. The number of thioether (sulfide) groups is 1. The second-order valence-corrected chi connectivity index (χ2v) is 7.27. The first-order chi connectivity index (χ1) is 11.5. The van der Waals surface area contributed by atoms with Crippen LogP contribution in [0.15, 0.2) is 24.4 Å². The first-order valence-electron chi connectivity index (χ1n) is 7.04. The van der Waals surface area contributed by atoms with E-state index < -0.39 is 11.6 Å². The average molecular weight is 369 g/mol. The fraction of sp³-hybridized carbons (Fsp3) is 0.267. The third kappa shape index (κ3) is 4.30. The first kappa shape index (κ1) is 16.8. The predicted molar refractivity (Wildman–Crippen MR) is 88.9 cm³/mol. The molecule has 0 atom stereocenters. The summed E-state index contributed by atoms with van der Waals surface area (Å²) in [6.45, 7) is -0.00411. The van der Waals surface area contributed by atoms with Gasteiger partial charge in [0.15, 0.2) is 5.13 Å². The van der Waals surface area contributed by atoms with Gasteiger partial charge in [0, 0.05) is 23.6 Å². The van der Waals surface area contributed by atoms with Crippen LogP contribution in [0.4, 0.5) is 13.9 Å². The number of carbonyl (C=O) groups is 2. The number of carbonyl (C=O) groups excluding carboxylic acids is 2. The summed E-state index contributed by atoms with van der Waals surface area (Å²) in [7, 11) is 0. The molecule has 2 amide bonds. The Labute approximate surface area is 145 Å². The molecule has 0 aliphatic carbocycles. The highest BCUT2D eigenvalue weighted by Gasteiger charge is 2.23. The van der Waals surface area contributed by atoms with E-state index in [0.717, 1.165) is 10.9 Å². The van der Waals surface area contributed by atoms with Crippen LogP contribution in [0, 0.1) is 11.6 Å². The Hall–Kier alpha value is -2.00. The van der Waals surface area contributed by atoms with Crippen molar-refractivity contribution in [2.45, 2.75) is 6.42 Å². The Morgan fingerprint density at radius 2 is 2.04 bits per heavy atom. The molecule has 1 aromatic heterocycles.